The zero-order chi connectivity index (χ0) is 27.8. The Kier molecular flexibility index (Phi) is 10.0. The summed E-state index contributed by atoms with van der Waals surface area (Å²) in [6.45, 7) is 5.43. The Morgan fingerprint density at radius 2 is 1.68 bits per heavy atom. The van der Waals surface area contributed by atoms with E-state index in [1.54, 1.807) is 43.4 Å². The molecule has 5 unspecified atom stereocenters. The maximum atomic E-state index is 13.9. The van der Waals surface area contributed by atoms with Crippen LogP contribution in [0.25, 0.3) is 6.08 Å². The predicted octanol–water partition coefficient (Wildman–Crippen LogP) is 2.23. The number of aliphatic hydroxyl groups excluding tert-OH is 1. The fraction of sp³-hybridized carbons (Fsp3) is 0.414. The summed E-state index contributed by atoms with van der Waals surface area (Å²) in [5, 5.41) is 18.7. The molecular weight excluding hydrogens is 484 g/mol. The average Bonchev–Trinajstić information content (AvgIpc) is 2.85. The summed E-state index contributed by atoms with van der Waals surface area (Å²) in [5.41, 5.74) is 1.51. The Hall–Kier alpha value is -3.69. The number of rotatable bonds is 7. The van der Waals surface area contributed by atoms with E-state index < -0.39 is 42.1 Å². The summed E-state index contributed by atoms with van der Waals surface area (Å²) in [7, 11) is 3.35. The van der Waals surface area contributed by atoms with Gasteiger partial charge in [0.15, 0.2) is 6.10 Å². The molecule has 2 aliphatic rings. The van der Waals surface area contributed by atoms with Crippen molar-refractivity contribution in [2.24, 2.45) is 5.92 Å². The Morgan fingerprint density at radius 1 is 1.03 bits per heavy atom. The van der Waals surface area contributed by atoms with Gasteiger partial charge in [0.1, 0.15) is 23.9 Å². The fourth-order valence-corrected chi connectivity index (χ4v) is 4.46. The van der Waals surface area contributed by atoms with E-state index in [1.165, 1.54) is 6.92 Å². The van der Waals surface area contributed by atoms with Crippen molar-refractivity contribution in [2.75, 3.05) is 14.1 Å². The summed E-state index contributed by atoms with van der Waals surface area (Å²) in [5.74, 6) is -0.868. The molecule has 38 heavy (non-hydrogen) atoms. The van der Waals surface area contributed by atoms with Crippen LogP contribution in [-0.2, 0) is 14.4 Å². The van der Waals surface area contributed by atoms with Crippen LogP contribution in [-0.4, -0.2) is 66.1 Å². The van der Waals surface area contributed by atoms with Gasteiger partial charge in [0, 0.05) is 6.20 Å². The third-order valence-corrected chi connectivity index (χ3v) is 6.28. The second-order valence-corrected chi connectivity index (χ2v) is 10.2. The van der Waals surface area contributed by atoms with Crippen LogP contribution < -0.4 is 20.7 Å². The Morgan fingerprint density at radius 3 is 2.26 bits per heavy atom. The van der Waals surface area contributed by atoms with Crippen LogP contribution in [0.2, 0.25) is 0 Å². The average molecular weight is 523 g/mol. The van der Waals surface area contributed by atoms with E-state index >= 15 is 0 Å². The van der Waals surface area contributed by atoms with Crippen LogP contribution in [0.15, 0.2) is 60.8 Å². The summed E-state index contributed by atoms with van der Waals surface area (Å²) >= 11 is 0. The van der Waals surface area contributed by atoms with Gasteiger partial charge in [0.25, 0.3) is 0 Å². The molecule has 9 nitrogen and oxygen atoms in total. The van der Waals surface area contributed by atoms with Crippen LogP contribution >= 0.6 is 0 Å². The molecule has 2 aromatic carbocycles. The van der Waals surface area contributed by atoms with E-state index in [4.69, 9.17) is 4.74 Å². The number of likely N-dealkylation sites (N-methyl/N-ethyl adjacent to an activating group) is 1. The second-order valence-electron chi connectivity index (χ2n) is 10.2. The summed E-state index contributed by atoms with van der Waals surface area (Å²) in [6.07, 6.45) is 1.77. The predicted molar refractivity (Wildman–Crippen MR) is 146 cm³/mol. The molecule has 0 aliphatic carbocycles. The van der Waals surface area contributed by atoms with Crippen LogP contribution in [0.5, 0.6) is 5.75 Å². The lowest BCUT2D eigenvalue weighted by Gasteiger charge is -2.33. The maximum Gasteiger partial charge on any atom is 0.247 e. The molecule has 0 saturated heterocycles. The zero-order valence-electron chi connectivity index (χ0n) is 22.5. The first kappa shape index (κ1) is 28.9. The number of carbonyl (C=O) groups excluding carboxylic acids is 3. The summed E-state index contributed by atoms with van der Waals surface area (Å²) in [4.78, 5) is 41.9. The van der Waals surface area contributed by atoms with Crippen LogP contribution in [0, 0.1) is 5.92 Å². The van der Waals surface area contributed by atoms with Gasteiger partial charge in [-0.2, -0.15) is 0 Å². The van der Waals surface area contributed by atoms with Gasteiger partial charge in [-0.05, 0) is 62.7 Å². The second kappa shape index (κ2) is 13.2. The highest BCUT2D eigenvalue weighted by atomic mass is 16.5. The van der Waals surface area contributed by atoms with Crippen molar-refractivity contribution in [3.8, 4) is 5.75 Å². The smallest absolute Gasteiger partial charge is 0.247 e. The summed E-state index contributed by atoms with van der Waals surface area (Å²) < 4.78 is 6.35. The Bertz CT molecular complexity index is 1110. The molecule has 5 atom stereocenters. The highest BCUT2D eigenvalue weighted by Crippen LogP contribution is 2.27. The lowest BCUT2D eigenvalue weighted by molar-refractivity contribution is -0.137. The number of hydrogen-bond acceptors (Lipinski definition) is 6. The third kappa shape index (κ3) is 7.66. The first-order chi connectivity index (χ1) is 18.1. The molecule has 204 valence electrons. The van der Waals surface area contributed by atoms with Crippen molar-refractivity contribution < 1.29 is 24.2 Å². The van der Waals surface area contributed by atoms with Gasteiger partial charge < -0.3 is 25.8 Å². The fourth-order valence-electron chi connectivity index (χ4n) is 4.46. The number of nitrogens with zero attached hydrogens (tertiary/aromatic N) is 1. The molecule has 4 N–H and O–H groups in total. The standard InChI is InChI=1S/C29H38N4O5/c1-18(2)17-23-27(35)30-16-15-20-11-13-22(14-12-20)38-26(21-9-7-6-8-10-21)24(28(36)31-23)32-29(37)25(19(3)34)33(4)5/h6-16,18-19,23-26,34H,17H2,1-5H3,(H,30,35)(H,31,36)(H,32,37). The van der Waals surface area contributed by atoms with Gasteiger partial charge in [-0.25, -0.2) is 0 Å². The first-order valence-corrected chi connectivity index (χ1v) is 12.8. The van der Waals surface area contributed by atoms with Crippen LogP contribution in [0.3, 0.4) is 0 Å². The zero-order valence-corrected chi connectivity index (χ0v) is 22.5. The Labute approximate surface area is 224 Å². The molecule has 0 fully saturated rings. The van der Waals surface area contributed by atoms with Crippen LogP contribution in [0.1, 0.15) is 44.4 Å². The van der Waals surface area contributed by atoms with E-state index in [2.05, 4.69) is 16.0 Å². The number of nitrogens with one attached hydrogen (secondary N) is 3. The molecule has 2 bridgehead atoms. The minimum atomic E-state index is -1.22. The minimum absolute atomic E-state index is 0.114. The molecule has 3 amide bonds. The first-order valence-electron chi connectivity index (χ1n) is 12.8. The van der Waals surface area contributed by atoms with E-state index in [-0.39, 0.29) is 11.8 Å². The highest BCUT2D eigenvalue weighted by Gasteiger charge is 2.38. The van der Waals surface area contributed by atoms with Gasteiger partial charge in [-0.3, -0.25) is 19.3 Å². The largest absolute Gasteiger partial charge is 0.483 e. The van der Waals surface area contributed by atoms with Gasteiger partial charge >= 0.3 is 0 Å². The van der Waals surface area contributed by atoms with Gasteiger partial charge in [-0.15, -0.1) is 0 Å². The van der Waals surface area contributed by atoms with Crippen LogP contribution in [0.4, 0.5) is 0 Å². The molecule has 2 heterocycles. The molecule has 9 heteroatoms. The van der Waals surface area contributed by atoms with Gasteiger partial charge in [0.05, 0.1) is 6.10 Å². The van der Waals surface area contributed by atoms with E-state index in [0.717, 1.165) is 5.56 Å². The number of fused-ring (bicyclic) bond motifs is 10. The van der Waals surface area contributed by atoms with E-state index in [1.807, 2.05) is 56.3 Å². The monoisotopic (exact) mass is 522 g/mol. The number of hydrogen-bond donors (Lipinski definition) is 4. The lowest BCUT2D eigenvalue weighted by atomic mass is 9.98. The third-order valence-electron chi connectivity index (χ3n) is 6.28. The highest BCUT2D eigenvalue weighted by molar-refractivity contribution is 5.94. The van der Waals surface area contributed by atoms with Crippen molar-refractivity contribution in [1.82, 2.24) is 20.9 Å². The number of amides is 3. The van der Waals surface area contributed by atoms with Crippen molar-refractivity contribution in [3.05, 3.63) is 71.9 Å². The van der Waals surface area contributed by atoms with Crippen molar-refractivity contribution >= 4 is 23.8 Å². The van der Waals surface area contributed by atoms with Gasteiger partial charge in [0.2, 0.25) is 17.7 Å². The van der Waals surface area contributed by atoms with E-state index in [0.29, 0.717) is 17.7 Å². The minimum Gasteiger partial charge on any atom is -0.483 e. The van der Waals surface area contributed by atoms with Crippen molar-refractivity contribution in [3.63, 3.8) is 0 Å². The molecule has 0 saturated carbocycles. The lowest BCUT2D eigenvalue weighted by Crippen LogP contribution is -2.60. The SMILES string of the molecule is CC(C)CC1NC(=O)C(NC(=O)C(C(C)O)N(C)C)C(c2ccccc2)Oc2ccc(cc2)C=CNC1=O. The maximum absolute atomic E-state index is 13.9. The summed E-state index contributed by atoms with van der Waals surface area (Å²) in [6, 6.07) is 13.3. The topological polar surface area (TPSA) is 120 Å². The molecule has 4 rings (SSSR count). The molecule has 2 aliphatic heterocycles. The van der Waals surface area contributed by atoms with Crippen molar-refractivity contribution in [2.45, 2.75) is 57.5 Å². The molecule has 0 aromatic heterocycles. The Balaban J connectivity index is 2.11. The van der Waals surface area contributed by atoms with Crippen molar-refractivity contribution in [1.29, 1.82) is 0 Å². The number of ether oxygens (including phenoxy) is 1. The normalized spacial score (nSPS) is 21.7. The number of benzene rings is 2. The van der Waals surface area contributed by atoms with E-state index in [9.17, 15) is 19.5 Å². The molecule has 0 spiro atoms. The number of aliphatic hydroxyl groups is 1. The molecular formula is C29H38N4O5. The quantitative estimate of drug-likeness (QED) is 0.443. The molecule has 2 aromatic rings. The molecule has 0 radical (unpaired) electrons. The van der Waals surface area contributed by atoms with Gasteiger partial charge in [-0.1, -0.05) is 56.3 Å². The number of carbonyl (C=O) groups is 3.